The first-order valence-corrected chi connectivity index (χ1v) is 5.76. The van der Waals surface area contributed by atoms with Crippen LogP contribution in [-0.4, -0.2) is 39.6 Å². The maximum Gasteiger partial charge on any atom is 0.411 e. The summed E-state index contributed by atoms with van der Waals surface area (Å²) in [5.74, 6) is 0. The van der Waals surface area contributed by atoms with Gasteiger partial charge in [-0.3, -0.25) is 0 Å². The van der Waals surface area contributed by atoms with Crippen molar-refractivity contribution in [1.82, 2.24) is 4.72 Å². The van der Waals surface area contributed by atoms with E-state index in [0.717, 1.165) is 0 Å². The van der Waals surface area contributed by atoms with E-state index >= 15 is 0 Å². The Labute approximate surface area is 91.2 Å². The second-order valence-electron chi connectivity index (χ2n) is 2.88. The van der Waals surface area contributed by atoms with Crippen molar-refractivity contribution in [3.05, 3.63) is 0 Å². The molecule has 0 aromatic heterocycles. The van der Waals surface area contributed by atoms with E-state index in [2.05, 4.69) is 4.74 Å². The van der Waals surface area contributed by atoms with Crippen molar-refractivity contribution in [2.24, 2.45) is 0 Å². The van der Waals surface area contributed by atoms with Crippen LogP contribution in [0, 0.1) is 11.3 Å². The average molecular weight is 260 g/mol. The van der Waals surface area contributed by atoms with Gasteiger partial charge < -0.3 is 4.74 Å². The molecule has 5 nitrogen and oxygen atoms in total. The Morgan fingerprint density at radius 2 is 2.06 bits per heavy atom. The molecular formula is C7H11F3N2O3S. The molecule has 0 spiro atoms. The standard InChI is InChI=1S/C7H11F3N2O3S/c1-6(4-11)16(13,14)12-2-3-15-5-7(8,9)10/h6,12H,2-3,5H2,1H3. The molecule has 1 N–H and O–H groups in total. The molecule has 94 valence electrons. The van der Waals surface area contributed by atoms with E-state index in [9.17, 15) is 21.6 Å². The van der Waals surface area contributed by atoms with Gasteiger partial charge in [-0.05, 0) is 6.92 Å². The van der Waals surface area contributed by atoms with E-state index in [0.29, 0.717) is 0 Å². The van der Waals surface area contributed by atoms with Gasteiger partial charge in [0, 0.05) is 6.54 Å². The van der Waals surface area contributed by atoms with E-state index in [4.69, 9.17) is 5.26 Å². The van der Waals surface area contributed by atoms with Gasteiger partial charge in [0.2, 0.25) is 10.0 Å². The Hall–Kier alpha value is -0.850. The summed E-state index contributed by atoms with van der Waals surface area (Å²) in [6.07, 6.45) is -4.43. The molecular weight excluding hydrogens is 249 g/mol. The van der Waals surface area contributed by atoms with Crippen LogP contribution in [0.5, 0.6) is 0 Å². The van der Waals surface area contributed by atoms with E-state index in [1.54, 1.807) is 0 Å². The predicted molar refractivity (Wildman–Crippen MR) is 48.9 cm³/mol. The summed E-state index contributed by atoms with van der Waals surface area (Å²) < 4.78 is 63.1. The molecule has 16 heavy (non-hydrogen) atoms. The molecule has 1 atom stereocenters. The molecule has 0 aliphatic heterocycles. The highest BCUT2D eigenvalue weighted by Crippen LogP contribution is 2.13. The molecule has 9 heteroatoms. The first-order valence-electron chi connectivity index (χ1n) is 4.21. The topological polar surface area (TPSA) is 79.2 Å². The number of ether oxygens (including phenoxy) is 1. The van der Waals surface area contributed by atoms with Crippen molar-refractivity contribution in [1.29, 1.82) is 5.26 Å². The normalized spacial score (nSPS) is 14.4. The van der Waals surface area contributed by atoms with Crippen molar-refractivity contribution >= 4 is 10.0 Å². The molecule has 0 saturated heterocycles. The molecule has 0 bridgehead atoms. The van der Waals surface area contributed by atoms with E-state index in [1.807, 2.05) is 4.72 Å². The minimum atomic E-state index is -4.43. The maximum absolute atomic E-state index is 11.6. The first-order chi connectivity index (χ1) is 7.19. The Morgan fingerprint density at radius 1 is 1.50 bits per heavy atom. The summed E-state index contributed by atoms with van der Waals surface area (Å²) in [5.41, 5.74) is 0. The number of sulfonamides is 1. The Kier molecular flexibility index (Phi) is 5.71. The molecule has 0 radical (unpaired) electrons. The van der Waals surface area contributed by atoms with Crippen LogP contribution in [0.15, 0.2) is 0 Å². The summed E-state index contributed by atoms with van der Waals surface area (Å²) in [6.45, 7) is -0.969. The number of hydrogen-bond acceptors (Lipinski definition) is 4. The van der Waals surface area contributed by atoms with Gasteiger partial charge in [0.05, 0.1) is 12.7 Å². The molecule has 0 rings (SSSR count). The lowest BCUT2D eigenvalue weighted by molar-refractivity contribution is -0.173. The van der Waals surface area contributed by atoms with Crippen LogP contribution in [0.1, 0.15) is 6.92 Å². The lowest BCUT2D eigenvalue weighted by Crippen LogP contribution is -2.34. The van der Waals surface area contributed by atoms with Gasteiger partial charge in [0.25, 0.3) is 0 Å². The zero-order chi connectivity index (χ0) is 12.8. The summed E-state index contributed by atoms with van der Waals surface area (Å²) in [7, 11) is -3.80. The highest BCUT2D eigenvalue weighted by Gasteiger charge is 2.27. The van der Waals surface area contributed by atoms with Crippen LogP contribution < -0.4 is 4.72 Å². The van der Waals surface area contributed by atoms with Crippen LogP contribution >= 0.6 is 0 Å². The van der Waals surface area contributed by atoms with Crippen LogP contribution in [-0.2, 0) is 14.8 Å². The molecule has 0 aliphatic rings. The van der Waals surface area contributed by atoms with E-state index < -0.39 is 34.7 Å². The fourth-order valence-corrected chi connectivity index (χ4v) is 1.39. The first kappa shape index (κ1) is 15.2. The van der Waals surface area contributed by atoms with E-state index in [1.165, 1.54) is 13.0 Å². The largest absolute Gasteiger partial charge is 0.411 e. The second-order valence-corrected chi connectivity index (χ2v) is 4.96. The van der Waals surface area contributed by atoms with Gasteiger partial charge in [-0.2, -0.15) is 18.4 Å². The van der Waals surface area contributed by atoms with Gasteiger partial charge >= 0.3 is 6.18 Å². The number of nitrogens with zero attached hydrogens (tertiary/aromatic N) is 1. The van der Waals surface area contributed by atoms with Crippen molar-refractivity contribution in [3.63, 3.8) is 0 Å². The molecule has 0 fully saturated rings. The fourth-order valence-electron chi connectivity index (χ4n) is 0.638. The highest BCUT2D eigenvalue weighted by molar-refractivity contribution is 7.90. The lowest BCUT2D eigenvalue weighted by atomic mass is 10.5. The van der Waals surface area contributed by atoms with Crippen LogP contribution in [0.4, 0.5) is 13.2 Å². The van der Waals surface area contributed by atoms with Crippen molar-refractivity contribution in [3.8, 4) is 6.07 Å². The summed E-state index contributed by atoms with van der Waals surface area (Å²) in [6, 6.07) is 1.50. The van der Waals surface area contributed by atoms with Crippen molar-refractivity contribution in [2.75, 3.05) is 19.8 Å². The maximum atomic E-state index is 11.6. The monoisotopic (exact) mass is 260 g/mol. The zero-order valence-electron chi connectivity index (χ0n) is 8.41. The molecule has 0 aromatic carbocycles. The second kappa shape index (κ2) is 6.03. The summed E-state index contributed by atoms with van der Waals surface area (Å²) >= 11 is 0. The number of rotatable bonds is 6. The number of nitrogens with one attached hydrogen (secondary N) is 1. The molecule has 1 unspecified atom stereocenters. The Balaban J connectivity index is 3.81. The molecule has 0 heterocycles. The number of hydrogen-bond donors (Lipinski definition) is 1. The predicted octanol–water partition coefficient (Wildman–Crippen LogP) is 0.397. The zero-order valence-corrected chi connectivity index (χ0v) is 9.23. The SMILES string of the molecule is CC(C#N)S(=O)(=O)NCCOCC(F)(F)F. The van der Waals surface area contributed by atoms with Crippen molar-refractivity contribution in [2.45, 2.75) is 18.3 Å². The average Bonchev–Trinajstić information content (AvgIpc) is 2.14. The third-order valence-electron chi connectivity index (χ3n) is 1.46. The number of nitriles is 1. The van der Waals surface area contributed by atoms with Gasteiger partial charge in [0.1, 0.15) is 6.61 Å². The van der Waals surface area contributed by atoms with E-state index in [-0.39, 0.29) is 6.54 Å². The quantitative estimate of drug-likeness (QED) is 0.701. The third kappa shape index (κ3) is 6.60. The molecule has 0 aliphatic carbocycles. The van der Waals surface area contributed by atoms with Gasteiger partial charge in [-0.25, -0.2) is 13.1 Å². The molecule has 0 amide bonds. The molecule has 0 aromatic rings. The minimum Gasteiger partial charge on any atom is -0.371 e. The van der Waals surface area contributed by atoms with Crippen molar-refractivity contribution < 1.29 is 26.3 Å². The van der Waals surface area contributed by atoms with Gasteiger partial charge in [-0.1, -0.05) is 0 Å². The Morgan fingerprint density at radius 3 is 2.50 bits per heavy atom. The van der Waals surface area contributed by atoms with Crippen LogP contribution in [0.2, 0.25) is 0 Å². The minimum absolute atomic E-state index is 0.301. The van der Waals surface area contributed by atoms with Gasteiger partial charge in [-0.15, -0.1) is 0 Å². The van der Waals surface area contributed by atoms with Crippen LogP contribution in [0.3, 0.4) is 0 Å². The lowest BCUT2D eigenvalue weighted by Gasteiger charge is -2.09. The third-order valence-corrected chi connectivity index (χ3v) is 3.11. The number of alkyl halides is 3. The fraction of sp³-hybridized carbons (Fsp3) is 0.857. The smallest absolute Gasteiger partial charge is 0.371 e. The van der Waals surface area contributed by atoms with Crippen LogP contribution in [0.25, 0.3) is 0 Å². The number of halogens is 3. The summed E-state index contributed by atoms with van der Waals surface area (Å²) in [4.78, 5) is 0. The Bertz CT molecular complexity index is 347. The molecule has 0 saturated carbocycles. The summed E-state index contributed by atoms with van der Waals surface area (Å²) in [5, 5.41) is 7.08. The highest BCUT2D eigenvalue weighted by atomic mass is 32.2. The van der Waals surface area contributed by atoms with Gasteiger partial charge in [0.15, 0.2) is 5.25 Å².